The number of ether oxygens (including phenoxy) is 1. The molecule has 0 atom stereocenters. The van der Waals surface area contributed by atoms with E-state index in [1.165, 1.54) is 0 Å². The standard InChI is InChI=1S/C6H14N2O2/c1-10-4-2-3-8-6(9)5-7/h2-5,7H2,1H3,(H,8,9). The number of nitrogens with one attached hydrogen (secondary N) is 1. The van der Waals surface area contributed by atoms with E-state index in [0.29, 0.717) is 13.2 Å². The number of methoxy groups -OCH3 is 1. The van der Waals surface area contributed by atoms with Gasteiger partial charge in [-0.15, -0.1) is 0 Å². The predicted molar refractivity (Wildman–Crippen MR) is 38.6 cm³/mol. The lowest BCUT2D eigenvalue weighted by Gasteiger charge is -2.01. The van der Waals surface area contributed by atoms with Crippen LogP contribution in [-0.2, 0) is 9.53 Å². The lowest BCUT2D eigenvalue weighted by atomic mass is 10.4. The van der Waals surface area contributed by atoms with Crippen LogP contribution in [0.25, 0.3) is 0 Å². The van der Waals surface area contributed by atoms with Crippen molar-refractivity contribution in [1.29, 1.82) is 0 Å². The van der Waals surface area contributed by atoms with E-state index in [4.69, 9.17) is 10.5 Å². The summed E-state index contributed by atoms with van der Waals surface area (Å²) < 4.78 is 4.77. The summed E-state index contributed by atoms with van der Waals surface area (Å²) in [5, 5.41) is 2.62. The zero-order valence-corrected chi connectivity index (χ0v) is 6.22. The fraction of sp³-hybridized carbons (Fsp3) is 0.833. The zero-order valence-electron chi connectivity index (χ0n) is 6.22. The van der Waals surface area contributed by atoms with Crippen molar-refractivity contribution in [3.8, 4) is 0 Å². The van der Waals surface area contributed by atoms with Crippen molar-refractivity contribution < 1.29 is 9.53 Å². The quantitative estimate of drug-likeness (QED) is 0.494. The fourth-order valence-electron chi connectivity index (χ4n) is 0.516. The summed E-state index contributed by atoms with van der Waals surface area (Å²) >= 11 is 0. The minimum atomic E-state index is -0.115. The molecule has 0 fully saturated rings. The van der Waals surface area contributed by atoms with Gasteiger partial charge in [-0.05, 0) is 6.42 Å². The van der Waals surface area contributed by atoms with E-state index in [9.17, 15) is 4.79 Å². The van der Waals surface area contributed by atoms with E-state index < -0.39 is 0 Å². The molecule has 0 saturated heterocycles. The highest BCUT2D eigenvalue weighted by Crippen LogP contribution is 1.75. The average molecular weight is 146 g/mol. The molecule has 0 radical (unpaired) electrons. The maximum Gasteiger partial charge on any atom is 0.233 e. The van der Waals surface area contributed by atoms with Crippen LogP contribution in [0.5, 0.6) is 0 Å². The summed E-state index contributed by atoms with van der Waals surface area (Å²) in [5.41, 5.74) is 5.04. The summed E-state index contributed by atoms with van der Waals surface area (Å²) in [6.07, 6.45) is 0.836. The molecule has 0 aliphatic carbocycles. The molecule has 60 valence electrons. The SMILES string of the molecule is COCCCNC(=O)CN. The minimum absolute atomic E-state index is 0.0625. The van der Waals surface area contributed by atoms with Gasteiger partial charge in [-0.3, -0.25) is 4.79 Å². The van der Waals surface area contributed by atoms with Gasteiger partial charge in [0.1, 0.15) is 0 Å². The van der Waals surface area contributed by atoms with Crippen LogP contribution in [0.4, 0.5) is 0 Å². The van der Waals surface area contributed by atoms with Crippen LogP contribution in [0, 0.1) is 0 Å². The van der Waals surface area contributed by atoms with Crippen LogP contribution >= 0.6 is 0 Å². The van der Waals surface area contributed by atoms with E-state index in [0.717, 1.165) is 6.42 Å². The Hall–Kier alpha value is -0.610. The van der Waals surface area contributed by atoms with Crippen molar-refractivity contribution in [3.63, 3.8) is 0 Å². The largest absolute Gasteiger partial charge is 0.385 e. The molecule has 0 aromatic carbocycles. The van der Waals surface area contributed by atoms with Gasteiger partial charge in [0.15, 0.2) is 0 Å². The van der Waals surface area contributed by atoms with Crippen molar-refractivity contribution >= 4 is 5.91 Å². The number of carbonyl (C=O) groups excluding carboxylic acids is 1. The van der Waals surface area contributed by atoms with Crippen molar-refractivity contribution in [2.75, 3.05) is 26.8 Å². The molecule has 0 saturated carbocycles. The Kier molecular flexibility index (Phi) is 6.11. The Morgan fingerprint density at radius 3 is 2.90 bits per heavy atom. The Morgan fingerprint density at radius 2 is 2.40 bits per heavy atom. The molecule has 0 aromatic heterocycles. The monoisotopic (exact) mass is 146 g/mol. The first-order chi connectivity index (χ1) is 4.81. The lowest BCUT2D eigenvalue weighted by molar-refractivity contribution is -0.119. The van der Waals surface area contributed by atoms with Gasteiger partial charge in [0.25, 0.3) is 0 Å². The molecule has 0 unspecified atom stereocenters. The van der Waals surface area contributed by atoms with E-state index in [1.54, 1.807) is 7.11 Å². The molecule has 4 heteroatoms. The van der Waals surface area contributed by atoms with Gasteiger partial charge in [0.2, 0.25) is 5.91 Å². The third-order valence-electron chi connectivity index (χ3n) is 1.03. The third kappa shape index (κ3) is 5.53. The molecule has 1 amide bonds. The van der Waals surface area contributed by atoms with Gasteiger partial charge < -0.3 is 15.8 Å². The number of rotatable bonds is 5. The van der Waals surface area contributed by atoms with Gasteiger partial charge >= 0.3 is 0 Å². The van der Waals surface area contributed by atoms with E-state index in [-0.39, 0.29) is 12.5 Å². The van der Waals surface area contributed by atoms with Crippen molar-refractivity contribution in [1.82, 2.24) is 5.32 Å². The average Bonchev–Trinajstić information content (AvgIpc) is 1.98. The molecule has 0 bridgehead atoms. The summed E-state index contributed by atoms with van der Waals surface area (Å²) in [6.45, 7) is 1.38. The highest BCUT2D eigenvalue weighted by Gasteiger charge is 1.93. The van der Waals surface area contributed by atoms with Crippen molar-refractivity contribution in [2.24, 2.45) is 5.73 Å². The van der Waals surface area contributed by atoms with Gasteiger partial charge in [-0.25, -0.2) is 0 Å². The summed E-state index contributed by atoms with van der Waals surface area (Å²) in [7, 11) is 1.63. The second kappa shape index (κ2) is 6.51. The topological polar surface area (TPSA) is 64.3 Å². The van der Waals surface area contributed by atoms with Crippen LogP contribution in [0.1, 0.15) is 6.42 Å². The van der Waals surface area contributed by atoms with Crippen molar-refractivity contribution in [3.05, 3.63) is 0 Å². The van der Waals surface area contributed by atoms with Crippen LogP contribution < -0.4 is 11.1 Å². The van der Waals surface area contributed by atoms with Crippen LogP contribution in [-0.4, -0.2) is 32.7 Å². The molecule has 0 rings (SSSR count). The van der Waals surface area contributed by atoms with E-state index in [2.05, 4.69) is 5.32 Å². The number of amides is 1. The van der Waals surface area contributed by atoms with Gasteiger partial charge in [-0.1, -0.05) is 0 Å². The summed E-state index contributed by atoms with van der Waals surface area (Å²) in [5.74, 6) is -0.115. The van der Waals surface area contributed by atoms with Gasteiger partial charge in [0.05, 0.1) is 6.54 Å². The first-order valence-corrected chi connectivity index (χ1v) is 3.27. The number of carbonyl (C=O) groups is 1. The van der Waals surface area contributed by atoms with Crippen LogP contribution in [0.2, 0.25) is 0 Å². The maximum atomic E-state index is 10.5. The Labute approximate surface area is 60.7 Å². The maximum absolute atomic E-state index is 10.5. The highest BCUT2D eigenvalue weighted by atomic mass is 16.5. The molecule has 0 spiro atoms. The fourth-order valence-corrected chi connectivity index (χ4v) is 0.516. The normalized spacial score (nSPS) is 9.40. The van der Waals surface area contributed by atoms with E-state index >= 15 is 0 Å². The molecular weight excluding hydrogens is 132 g/mol. The van der Waals surface area contributed by atoms with Crippen LogP contribution in [0.3, 0.4) is 0 Å². The molecule has 0 aliphatic heterocycles. The Bertz CT molecular complexity index is 95.7. The molecule has 3 N–H and O–H groups in total. The highest BCUT2D eigenvalue weighted by molar-refractivity contribution is 5.77. The number of hydrogen-bond acceptors (Lipinski definition) is 3. The van der Waals surface area contributed by atoms with Crippen molar-refractivity contribution in [2.45, 2.75) is 6.42 Å². The minimum Gasteiger partial charge on any atom is -0.385 e. The lowest BCUT2D eigenvalue weighted by Crippen LogP contribution is -2.31. The first-order valence-electron chi connectivity index (χ1n) is 3.27. The Morgan fingerprint density at radius 1 is 1.70 bits per heavy atom. The molecule has 10 heavy (non-hydrogen) atoms. The number of nitrogens with two attached hydrogens (primary N) is 1. The Balaban J connectivity index is 2.96. The molecule has 4 nitrogen and oxygen atoms in total. The molecule has 0 aromatic rings. The molecule has 0 heterocycles. The predicted octanol–water partition coefficient (Wildman–Crippen LogP) is -0.902. The summed E-state index contributed by atoms with van der Waals surface area (Å²) in [6, 6.07) is 0. The molecular formula is C6H14N2O2. The first kappa shape index (κ1) is 9.39. The van der Waals surface area contributed by atoms with Gasteiger partial charge in [-0.2, -0.15) is 0 Å². The second-order valence-electron chi connectivity index (χ2n) is 1.90. The van der Waals surface area contributed by atoms with Crippen LogP contribution in [0.15, 0.2) is 0 Å². The second-order valence-corrected chi connectivity index (χ2v) is 1.90. The number of hydrogen-bond donors (Lipinski definition) is 2. The van der Waals surface area contributed by atoms with E-state index in [1.807, 2.05) is 0 Å². The smallest absolute Gasteiger partial charge is 0.233 e. The summed E-state index contributed by atoms with van der Waals surface area (Å²) in [4.78, 5) is 10.5. The zero-order chi connectivity index (χ0) is 7.82. The molecule has 0 aliphatic rings. The van der Waals surface area contributed by atoms with Gasteiger partial charge in [0, 0.05) is 20.3 Å². The third-order valence-corrected chi connectivity index (χ3v) is 1.03.